The Morgan fingerprint density at radius 1 is 1.15 bits per heavy atom. The molecule has 0 unspecified atom stereocenters. The lowest BCUT2D eigenvalue weighted by molar-refractivity contribution is -0.123. The van der Waals surface area contributed by atoms with Gasteiger partial charge in [0.15, 0.2) is 6.61 Å². The van der Waals surface area contributed by atoms with Crippen molar-refractivity contribution in [2.45, 2.75) is 0 Å². The van der Waals surface area contributed by atoms with E-state index in [4.69, 9.17) is 4.74 Å². The number of carbonyl (C=O) groups excluding carboxylic acids is 1. The fraction of sp³-hybridized carbons (Fsp3) is 0.312. The van der Waals surface area contributed by atoms with Crippen molar-refractivity contribution >= 4 is 16.7 Å². The van der Waals surface area contributed by atoms with Crippen molar-refractivity contribution in [3.8, 4) is 5.75 Å². The van der Waals surface area contributed by atoms with Gasteiger partial charge in [-0.1, -0.05) is 30.3 Å². The number of hydrogen-bond donors (Lipinski definition) is 1. The summed E-state index contributed by atoms with van der Waals surface area (Å²) in [6, 6.07) is 13.9. The molecular formula is C16H20N2O2. The minimum atomic E-state index is -0.0972. The van der Waals surface area contributed by atoms with Gasteiger partial charge in [-0.25, -0.2) is 0 Å². The molecule has 1 amide bonds. The van der Waals surface area contributed by atoms with Crippen LogP contribution in [0.25, 0.3) is 10.8 Å². The van der Waals surface area contributed by atoms with Crippen molar-refractivity contribution in [2.24, 2.45) is 0 Å². The zero-order valence-electron chi connectivity index (χ0n) is 11.9. The van der Waals surface area contributed by atoms with E-state index < -0.39 is 0 Å². The number of rotatable bonds is 6. The first-order chi connectivity index (χ1) is 9.65. The van der Waals surface area contributed by atoms with Gasteiger partial charge in [0.1, 0.15) is 5.75 Å². The predicted molar refractivity (Wildman–Crippen MR) is 81.0 cm³/mol. The molecule has 106 valence electrons. The van der Waals surface area contributed by atoms with E-state index in [-0.39, 0.29) is 12.5 Å². The highest BCUT2D eigenvalue weighted by atomic mass is 16.5. The largest absolute Gasteiger partial charge is 0.484 e. The third kappa shape index (κ3) is 4.24. The molecule has 2 aromatic carbocycles. The predicted octanol–water partition coefficient (Wildman–Crippen LogP) is 1.90. The summed E-state index contributed by atoms with van der Waals surface area (Å²) >= 11 is 0. The van der Waals surface area contributed by atoms with Gasteiger partial charge in [0.2, 0.25) is 0 Å². The maximum absolute atomic E-state index is 11.6. The van der Waals surface area contributed by atoms with Crippen molar-refractivity contribution in [3.05, 3.63) is 42.5 Å². The first-order valence-electron chi connectivity index (χ1n) is 6.68. The molecule has 0 aliphatic carbocycles. The third-order valence-electron chi connectivity index (χ3n) is 2.97. The van der Waals surface area contributed by atoms with E-state index in [2.05, 4.69) is 5.32 Å². The summed E-state index contributed by atoms with van der Waals surface area (Å²) in [6.45, 7) is 1.50. The molecule has 2 aromatic rings. The van der Waals surface area contributed by atoms with Crippen LogP contribution in [-0.2, 0) is 4.79 Å². The van der Waals surface area contributed by atoms with Crippen LogP contribution in [0.4, 0.5) is 0 Å². The fourth-order valence-corrected chi connectivity index (χ4v) is 1.88. The van der Waals surface area contributed by atoms with Crippen LogP contribution in [0.15, 0.2) is 42.5 Å². The number of fused-ring (bicyclic) bond motifs is 1. The highest BCUT2D eigenvalue weighted by Crippen LogP contribution is 2.20. The van der Waals surface area contributed by atoms with E-state index in [9.17, 15) is 4.79 Å². The molecule has 0 spiro atoms. The second-order valence-electron chi connectivity index (χ2n) is 4.95. The molecule has 0 radical (unpaired) electrons. The molecule has 0 aromatic heterocycles. The van der Waals surface area contributed by atoms with Crippen LogP contribution < -0.4 is 10.1 Å². The summed E-state index contributed by atoms with van der Waals surface area (Å²) in [4.78, 5) is 13.6. The molecule has 0 heterocycles. The summed E-state index contributed by atoms with van der Waals surface area (Å²) in [5.74, 6) is 0.617. The molecule has 0 saturated heterocycles. The number of hydrogen-bond acceptors (Lipinski definition) is 3. The van der Waals surface area contributed by atoms with Crippen LogP contribution in [-0.4, -0.2) is 44.6 Å². The molecule has 0 fully saturated rings. The lowest BCUT2D eigenvalue weighted by Gasteiger charge is -2.11. The van der Waals surface area contributed by atoms with Crippen LogP contribution in [0.1, 0.15) is 0 Å². The van der Waals surface area contributed by atoms with Gasteiger partial charge >= 0.3 is 0 Å². The Labute approximate surface area is 119 Å². The van der Waals surface area contributed by atoms with Gasteiger partial charge in [-0.05, 0) is 37.0 Å². The highest BCUT2D eigenvalue weighted by molar-refractivity contribution is 5.84. The van der Waals surface area contributed by atoms with Gasteiger partial charge in [-0.3, -0.25) is 4.79 Å². The van der Waals surface area contributed by atoms with E-state index in [0.29, 0.717) is 12.3 Å². The van der Waals surface area contributed by atoms with Crippen molar-refractivity contribution in [1.82, 2.24) is 10.2 Å². The summed E-state index contributed by atoms with van der Waals surface area (Å²) in [7, 11) is 3.94. The molecular weight excluding hydrogens is 252 g/mol. The number of carbonyl (C=O) groups is 1. The maximum Gasteiger partial charge on any atom is 0.257 e. The Hall–Kier alpha value is -2.07. The van der Waals surface area contributed by atoms with Gasteiger partial charge < -0.3 is 15.0 Å². The lowest BCUT2D eigenvalue weighted by atomic mass is 10.1. The Morgan fingerprint density at radius 2 is 1.90 bits per heavy atom. The van der Waals surface area contributed by atoms with Crippen molar-refractivity contribution in [2.75, 3.05) is 33.8 Å². The Balaban J connectivity index is 1.84. The van der Waals surface area contributed by atoms with Crippen LogP contribution in [0.3, 0.4) is 0 Å². The van der Waals surface area contributed by atoms with Gasteiger partial charge in [-0.15, -0.1) is 0 Å². The average Bonchev–Trinajstić information content (AvgIpc) is 2.44. The lowest BCUT2D eigenvalue weighted by Crippen LogP contribution is -2.34. The monoisotopic (exact) mass is 272 g/mol. The van der Waals surface area contributed by atoms with Crippen LogP contribution >= 0.6 is 0 Å². The van der Waals surface area contributed by atoms with Crippen molar-refractivity contribution < 1.29 is 9.53 Å². The van der Waals surface area contributed by atoms with Crippen molar-refractivity contribution in [3.63, 3.8) is 0 Å². The molecule has 0 aliphatic heterocycles. The molecule has 0 bridgehead atoms. The third-order valence-corrected chi connectivity index (χ3v) is 2.97. The zero-order chi connectivity index (χ0) is 14.4. The molecule has 0 atom stereocenters. The van der Waals surface area contributed by atoms with Gasteiger partial charge in [0, 0.05) is 13.1 Å². The smallest absolute Gasteiger partial charge is 0.257 e. The summed E-state index contributed by atoms with van der Waals surface area (Å²) in [6.07, 6.45) is 0. The van der Waals surface area contributed by atoms with Gasteiger partial charge in [0.05, 0.1) is 0 Å². The first kappa shape index (κ1) is 14.3. The van der Waals surface area contributed by atoms with Crippen LogP contribution in [0.5, 0.6) is 5.75 Å². The summed E-state index contributed by atoms with van der Waals surface area (Å²) in [5, 5.41) is 5.09. The Morgan fingerprint density at radius 3 is 2.65 bits per heavy atom. The van der Waals surface area contributed by atoms with E-state index in [0.717, 1.165) is 17.3 Å². The standard InChI is InChI=1S/C16H20N2O2/c1-18(2)10-9-17-16(19)12-20-15-8-7-13-5-3-4-6-14(13)11-15/h3-8,11H,9-10,12H2,1-2H3,(H,17,19). The Bertz CT molecular complexity index is 581. The number of nitrogens with zero attached hydrogens (tertiary/aromatic N) is 1. The molecule has 20 heavy (non-hydrogen) atoms. The minimum Gasteiger partial charge on any atom is -0.484 e. The van der Waals surface area contributed by atoms with Crippen LogP contribution in [0, 0.1) is 0 Å². The fourth-order valence-electron chi connectivity index (χ4n) is 1.88. The van der Waals surface area contributed by atoms with E-state index in [1.807, 2.05) is 61.5 Å². The van der Waals surface area contributed by atoms with E-state index >= 15 is 0 Å². The summed E-state index contributed by atoms with van der Waals surface area (Å²) < 4.78 is 5.51. The quantitative estimate of drug-likeness (QED) is 0.873. The minimum absolute atomic E-state index is 0.0474. The second kappa shape index (κ2) is 6.91. The maximum atomic E-state index is 11.6. The summed E-state index contributed by atoms with van der Waals surface area (Å²) in [5.41, 5.74) is 0. The number of nitrogens with one attached hydrogen (secondary N) is 1. The van der Waals surface area contributed by atoms with Gasteiger partial charge in [-0.2, -0.15) is 0 Å². The Kier molecular flexibility index (Phi) is 4.96. The zero-order valence-corrected chi connectivity index (χ0v) is 11.9. The topological polar surface area (TPSA) is 41.6 Å². The highest BCUT2D eigenvalue weighted by Gasteiger charge is 2.03. The number of amides is 1. The molecule has 0 aliphatic rings. The number of benzene rings is 2. The molecule has 4 heteroatoms. The van der Waals surface area contributed by atoms with E-state index in [1.165, 1.54) is 0 Å². The molecule has 1 N–H and O–H groups in total. The second-order valence-corrected chi connectivity index (χ2v) is 4.95. The molecule has 4 nitrogen and oxygen atoms in total. The SMILES string of the molecule is CN(C)CCNC(=O)COc1ccc2ccccc2c1. The molecule has 0 saturated carbocycles. The molecule has 2 rings (SSSR count). The van der Waals surface area contributed by atoms with Gasteiger partial charge in [0.25, 0.3) is 5.91 Å². The normalized spacial score (nSPS) is 10.8. The number of ether oxygens (including phenoxy) is 1. The van der Waals surface area contributed by atoms with Crippen molar-refractivity contribution in [1.29, 1.82) is 0 Å². The van der Waals surface area contributed by atoms with Crippen LogP contribution in [0.2, 0.25) is 0 Å². The number of likely N-dealkylation sites (N-methyl/N-ethyl adjacent to an activating group) is 1. The average molecular weight is 272 g/mol. The van der Waals surface area contributed by atoms with E-state index in [1.54, 1.807) is 0 Å². The first-order valence-corrected chi connectivity index (χ1v) is 6.68.